The monoisotopic (exact) mass is 587 g/mol. The van der Waals surface area contributed by atoms with Gasteiger partial charge in [0, 0.05) is 51.9 Å². The summed E-state index contributed by atoms with van der Waals surface area (Å²) in [6.07, 6.45) is -2.74. The average Bonchev–Trinajstić information content (AvgIpc) is 3.41. The van der Waals surface area contributed by atoms with Crippen molar-refractivity contribution >= 4 is 23.5 Å². The van der Waals surface area contributed by atoms with Crippen LogP contribution in [0.3, 0.4) is 0 Å². The van der Waals surface area contributed by atoms with Crippen LogP contribution in [-0.2, 0) is 23.8 Å². The fourth-order valence-corrected chi connectivity index (χ4v) is 5.72. The Kier molecular flexibility index (Phi) is 8.51. The van der Waals surface area contributed by atoms with E-state index in [9.17, 15) is 27.2 Å². The summed E-state index contributed by atoms with van der Waals surface area (Å²) in [4.78, 5) is 39.1. The van der Waals surface area contributed by atoms with Gasteiger partial charge in [-0.05, 0) is 41.5 Å². The highest BCUT2D eigenvalue weighted by Crippen LogP contribution is 2.36. The van der Waals surface area contributed by atoms with Crippen molar-refractivity contribution < 1.29 is 31.6 Å². The van der Waals surface area contributed by atoms with Crippen molar-refractivity contribution in [3.8, 4) is 0 Å². The van der Waals surface area contributed by atoms with Crippen molar-refractivity contribution in [2.24, 2.45) is 11.8 Å². The van der Waals surface area contributed by atoms with Gasteiger partial charge in [-0.15, -0.1) is 0 Å². The molecular weight excluding hydrogens is 554 g/mol. The minimum atomic E-state index is -4.83. The van der Waals surface area contributed by atoms with Crippen molar-refractivity contribution in [1.29, 1.82) is 0 Å². The zero-order valence-electron chi connectivity index (χ0n) is 23.5. The number of piperidine rings is 1. The maximum atomic E-state index is 13.9. The molecule has 2 unspecified atom stereocenters. The lowest BCUT2D eigenvalue weighted by Crippen LogP contribution is -2.49. The number of hydrogen-bond acceptors (Lipinski definition) is 7. The van der Waals surface area contributed by atoms with Crippen molar-refractivity contribution in [2.75, 3.05) is 49.1 Å². The van der Waals surface area contributed by atoms with E-state index < -0.39 is 29.2 Å². The SMILES string of the molecule is CC1CC(C)CN(c2nc(C(F)(F)F)c(C(=O)Cc3ccc(N4CCN(C(=O)Cc5ccccc5F)CC4)nc3)o2)C1. The number of carbonyl (C=O) groups is 2. The summed E-state index contributed by atoms with van der Waals surface area (Å²) in [5, 5.41) is 0. The van der Waals surface area contributed by atoms with Gasteiger partial charge in [-0.1, -0.05) is 38.1 Å². The van der Waals surface area contributed by atoms with Crippen molar-refractivity contribution in [3.63, 3.8) is 0 Å². The quantitative estimate of drug-likeness (QED) is 0.283. The molecule has 1 amide bonds. The predicted molar refractivity (Wildman–Crippen MR) is 148 cm³/mol. The molecule has 0 N–H and O–H groups in total. The number of benzene rings is 1. The number of anilines is 2. The lowest BCUT2D eigenvalue weighted by molar-refractivity contribution is -0.141. The predicted octanol–water partition coefficient (Wildman–Crippen LogP) is 5.03. The van der Waals surface area contributed by atoms with Crippen LogP contribution in [0.2, 0.25) is 0 Å². The lowest BCUT2D eigenvalue weighted by Gasteiger charge is -2.35. The topological polar surface area (TPSA) is 82.8 Å². The molecule has 3 aromatic rings. The number of Topliss-reactive ketones (excluding diaryl/α,β-unsaturated/α-hetero) is 1. The third-order valence-electron chi connectivity index (χ3n) is 7.71. The van der Waals surface area contributed by atoms with E-state index in [0.29, 0.717) is 56.2 Å². The van der Waals surface area contributed by atoms with Crippen LogP contribution in [0.4, 0.5) is 29.4 Å². The van der Waals surface area contributed by atoms with Gasteiger partial charge in [-0.3, -0.25) is 9.59 Å². The molecule has 42 heavy (non-hydrogen) atoms. The lowest BCUT2D eigenvalue weighted by atomic mass is 9.92. The molecule has 0 radical (unpaired) electrons. The summed E-state index contributed by atoms with van der Waals surface area (Å²) in [5.41, 5.74) is -0.509. The van der Waals surface area contributed by atoms with Crippen LogP contribution in [0.5, 0.6) is 0 Å². The highest BCUT2D eigenvalue weighted by atomic mass is 19.4. The van der Waals surface area contributed by atoms with Gasteiger partial charge >= 0.3 is 6.18 Å². The van der Waals surface area contributed by atoms with Gasteiger partial charge in [0.15, 0.2) is 5.69 Å². The molecule has 2 fully saturated rings. The van der Waals surface area contributed by atoms with Gasteiger partial charge in [0.2, 0.25) is 17.5 Å². The summed E-state index contributed by atoms with van der Waals surface area (Å²) in [5.74, 6) is -1.02. The highest BCUT2D eigenvalue weighted by molar-refractivity contribution is 5.96. The fourth-order valence-electron chi connectivity index (χ4n) is 5.72. The maximum absolute atomic E-state index is 13.9. The highest BCUT2D eigenvalue weighted by Gasteiger charge is 2.42. The van der Waals surface area contributed by atoms with Crippen LogP contribution in [0, 0.1) is 17.7 Å². The van der Waals surface area contributed by atoms with Gasteiger partial charge in [-0.2, -0.15) is 18.2 Å². The molecule has 2 aliphatic heterocycles. The summed E-state index contributed by atoms with van der Waals surface area (Å²) < 4.78 is 60.8. The third kappa shape index (κ3) is 6.74. The standard InChI is InChI=1S/C30H33F4N5O3/c1-19-13-20(2)18-39(17-19)29-36-28(30(32,33)34)27(42-29)24(40)14-21-7-8-25(35-16-21)37-9-11-38(12-10-37)26(41)15-22-5-3-4-6-23(22)31/h3-8,16,19-20H,9-15,17-18H2,1-2H3. The van der Waals surface area contributed by atoms with Gasteiger partial charge in [-0.25, -0.2) is 9.37 Å². The minimum Gasteiger partial charge on any atom is -0.420 e. The zero-order chi connectivity index (χ0) is 30.0. The van der Waals surface area contributed by atoms with Gasteiger partial charge < -0.3 is 19.1 Å². The van der Waals surface area contributed by atoms with E-state index in [2.05, 4.69) is 9.97 Å². The molecule has 0 bridgehead atoms. The molecule has 0 spiro atoms. The molecule has 2 saturated heterocycles. The number of ketones is 1. The van der Waals surface area contributed by atoms with Crippen LogP contribution in [0.15, 0.2) is 47.0 Å². The Morgan fingerprint density at radius 2 is 1.64 bits per heavy atom. The van der Waals surface area contributed by atoms with E-state index in [1.54, 1.807) is 40.1 Å². The molecular formula is C30H33F4N5O3. The first-order chi connectivity index (χ1) is 20.0. The van der Waals surface area contributed by atoms with E-state index in [1.165, 1.54) is 12.3 Å². The van der Waals surface area contributed by atoms with Crippen molar-refractivity contribution in [1.82, 2.24) is 14.9 Å². The fraction of sp³-hybridized carbons (Fsp3) is 0.467. The number of rotatable bonds is 7. The van der Waals surface area contributed by atoms with E-state index in [-0.39, 0.29) is 36.6 Å². The van der Waals surface area contributed by atoms with Crippen LogP contribution < -0.4 is 9.80 Å². The number of amides is 1. The van der Waals surface area contributed by atoms with E-state index in [0.717, 1.165) is 6.42 Å². The molecule has 2 atom stereocenters. The second kappa shape index (κ2) is 12.1. The Morgan fingerprint density at radius 1 is 0.952 bits per heavy atom. The number of oxazole rings is 1. The van der Waals surface area contributed by atoms with Crippen molar-refractivity contribution in [2.45, 2.75) is 39.3 Å². The summed E-state index contributed by atoms with van der Waals surface area (Å²) >= 11 is 0. The molecule has 1 aromatic carbocycles. The minimum absolute atomic E-state index is 0.00728. The van der Waals surface area contributed by atoms with E-state index >= 15 is 0 Å². The third-order valence-corrected chi connectivity index (χ3v) is 7.71. The van der Waals surface area contributed by atoms with Crippen LogP contribution in [-0.4, -0.2) is 65.8 Å². The first kappa shape index (κ1) is 29.5. The molecule has 5 rings (SSSR count). The zero-order valence-corrected chi connectivity index (χ0v) is 23.5. The Hall–Kier alpha value is -3.96. The smallest absolute Gasteiger partial charge is 0.420 e. The number of pyridine rings is 1. The molecule has 0 saturated carbocycles. The summed E-state index contributed by atoms with van der Waals surface area (Å²) in [6, 6.07) is 9.38. The molecule has 0 aliphatic carbocycles. The Morgan fingerprint density at radius 3 is 2.26 bits per heavy atom. The molecule has 8 nitrogen and oxygen atoms in total. The maximum Gasteiger partial charge on any atom is 0.437 e. The number of aromatic nitrogens is 2. The van der Waals surface area contributed by atoms with Crippen LogP contribution in [0.1, 0.15) is 47.6 Å². The summed E-state index contributed by atoms with van der Waals surface area (Å²) in [6.45, 7) is 6.97. The number of hydrogen-bond donors (Lipinski definition) is 0. The van der Waals surface area contributed by atoms with Gasteiger partial charge in [0.1, 0.15) is 11.6 Å². The molecule has 224 valence electrons. The molecule has 2 aromatic heterocycles. The normalized spacial score (nSPS) is 19.7. The van der Waals surface area contributed by atoms with Crippen LogP contribution in [0.25, 0.3) is 0 Å². The number of nitrogens with zero attached hydrogens (tertiary/aromatic N) is 5. The second-order valence-corrected chi connectivity index (χ2v) is 11.3. The number of halogens is 4. The average molecular weight is 588 g/mol. The Bertz CT molecular complexity index is 1410. The number of alkyl halides is 3. The van der Waals surface area contributed by atoms with E-state index in [4.69, 9.17) is 4.42 Å². The first-order valence-electron chi connectivity index (χ1n) is 14.0. The first-order valence-corrected chi connectivity index (χ1v) is 14.0. The largest absolute Gasteiger partial charge is 0.437 e. The van der Waals surface area contributed by atoms with Gasteiger partial charge in [0.25, 0.3) is 6.01 Å². The Labute approximate surface area is 241 Å². The number of carbonyl (C=O) groups excluding carboxylic acids is 2. The van der Waals surface area contributed by atoms with Gasteiger partial charge in [0.05, 0.1) is 6.42 Å². The second-order valence-electron chi connectivity index (χ2n) is 11.3. The molecule has 2 aliphatic rings. The summed E-state index contributed by atoms with van der Waals surface area (Å²) in [7, 11) is 0. The Balaban J connectivity index is 1.20. The number of piperazine rings is 1. The van der Waals surface area contributed by atoms with Crippen molar-refractivity contribution in [3.05, 3.63) is 71.0 Å². The van der Waals surface area contributed by atoms with Crippen LogP contribution >= 0.6 is 0 Å². The van der Waals surface area contributed by atoms with E-state index in [1.807, 2.05) is 18.7 Å². The molecule has 12 heteroatoms. The molecule has 4 heterocycles.